The first-order chi connectivity index (χ1) is 14.2. The Morgan fingerprint density at radius 3 is 1.93 bits per heavy atom. The number of nitrogens with one attached hydrogen (secondary N) is 2. The van der Waals surface area contributed by atoms with Gasteiger partial charge in [-0.25, -0.2) is 0 Å². The number of hydrogen-bond donors (Lipinski definition) is 2. The van der Waals surface area contributed by atoms with E-state index < -0.39 is 0 Å². The van der Waals surface area contributed by atoms with Gasteiger partial charge in [-0.05, 0) is 40.1 Å². The van der Waals surface area contributed by atoms with Crippen molar-refractivity contribution in [1.29, 1.82) is 0 Å². The largest absolute Gasteiger partial charge is 0.493 e. The second-order valence-corrected chi connectivity index (χ2v) is 6.49. The van der Waals surface area contributed by atoms with Gasteiger partial charge in [-0.2, -0.15) is 0 Å². The monoisotopic (exact) mass is 521 g/mol. The quantitative estimate of drug-likeness (QED) is 0.275. The van der Waals surface area contributed by atoms with Gasteiger partial charge in [-0.15, -0.1) is 24.0 Å². The van der Waals surface area contributed by atoms with E-state index in [9.17, 15) is 0 Å². The summed E-state index contributed by atoms with van der Waals surface area (Å²) in [5, 5.41) is 9.14. The van der Waals surface area contributed by atoms with Gasteiger partial charge in [0.25, 0.3) is 0 Å². The van der Waals surface area contributed by atoms with Crippen molar-refractivity contribution in [2.24, 2.45) is 4.99 Å². The summed E-state index contributed by atoms with van der Waals surface area (Å²) in [5.74, 6) is 2.55. The van der Waals surface area contributed by atoms with Crippen LogP contribution >= 0.6 is 24.0 Å². The number of hydrogen-bond acceptors (Lipinski definition) is 4. The van der Waals surface area contributed by atoms with E-state index in [4.69, 9.17) is 14.2 Å². The van der Waals surface area contributed by atoms with Crippen LogP contribution in [0.4, 0.5) is 0 Å². The molecule has 0 saturated carbocycles. The van der Waals surface area contributed by atoms with Crippen molar-refractivity contribution in [3.8, 4) is 17.2 Å². The molecule has 3 aromatic rings. The summed E-state index contributed by atoms with van der Waals surface area (Å²) in [6.45, 7) is 1.24. The van der Waals surface area contributed by atoms with Crippen LogP contribution < -0.4 is 24.8 Å². The lowest BCUT2D eigenvalue weighted by Gasteiger charge is -2.16. The molecule has 0 unspecified atom stereocenters. The van der Waals surface area contributed by atoms with E-state index in [1.165, 1.54) is 16.3 Å². The molecule has 0 atom stereocenters. The highest BCUT2D eigenvalue weighted by molar-refractivity contribution is 14.0. The highest BCUT2D eigenvalue weighted by Crippen LogP contribution is 2.38. The molecule has 30 heavy (non-hydrogen) atoms. The lowest BCUT2D eigenvalue weighted by Crippen LogP contribution is -2.36. The van der Waals surface area contributed by atoms with Crippen LogP contribution in [0.2, 0.25) is 0 Å². The van der Waals surface area contributed by atoms with Crippen molar-refractivity contribution in [1.82, 2.24) is 10.6 Å². The molecule has 0 amide bonds. The number of aliphatic imine (C=N–C) groups is 1. The first-order valence-corrected chi connectivity index (χ1v) is 9.39. The molecule has 0 aliphatic heterocycles. The van der Waals surface area contributed by atoms with Gasteiger partial charge in [0, 0.05) is 20.1 Å². The molecule has 7 heteroatoms. The van der Waals surface area contributed by atoms with E-state index in [2.05, 4.69) is 58.1 Å². The fourth-order valence-corrected chi connectivity index (χ4v) is 3.18. The van der Waals surface area contributed by atoms with Crippen molar-refractivity contribution in [2.75, 3.05) is 28.4 Å². The SMILES string of the molecule is CN=C(NCc1cc(OC)c(OC)c(OC)c1)NCc1ccc2ccccc2c1.I. The number of halogens is 1. The third-order valence-electron chi connectivity index (χ3n) is 4.68. The minimum absolute atomic E-state index is 0. The van der Waals surface area contributed by atoms with Crippen molar-refractivity contribution in [3.05, 3.63) is 65.7 Å². The minimum Gasteiger partial charge on any atom is -0.493 e. The summed E-state index contributed by atoms with van der Waals surface area (Å²) in [6, 6.07) is 18.6. The predicted molar refractivity (Wildman–Crippen MR) is 132 cm³/mol. The number of guanidine groups is 1. The van der Waals surface area contributed by atoms with Crippen LogP contribution in [0.25, 0.3) is 10.8 Å². The molecule has 160 valence electrons. The van der Waals surface area contributed by atoms with E-state index in [1.807, 2.05) is 12.1 Å². The van der Waals surface area contributed by atoms with Gasteiger partial charge in [-0.3, -0.25) is 4.99 Å². The molecule has 3 rings (SSSR count). The second-order valence-electron chi connectivity index (χ2n) is 6.49. The molecule has 0 bridgehead atoms. The molecule has 0 aliphatic rings. The van der Waals surface area contributed by atoms with E-state index >= 15 is 0 Å². The van der Waals surface area contributed by atoms with Gasteiger partial charge in [0.15, 0.2) is 17.5 Å². The maximum atomic E-state index is 5.41. The standard InChI is InChI=1S/C23H27N3O3.HI/c1-24-23(25-14-16-9-10-18-7-5-6-8-19(18)11-16)26-15-17-12-20(27-2)22(29-4)21(13-17)28-3;/h5-13H,14-15H2,1-4H3,(H2,24,25,26);1H. The number of fused-ring (bicyclic) bond motifs is 1. The molecule has 0 aromatic heterocycles. The van der Waals surface area contributed by atoms with E-state index in [0.29, 0.717) is 36.3 Å². The van der Waals surface area contributed by atoms with Crippen LogP contribution in [0.1, 0.15) is 11.1 Å². The third-order valence-corrected chi connectivity index (χ3v) is 4.68. The summed E-state index contributed by atoms with van der Waals surface area (Å²) in [4.78, 5) is 4.31. The maximum absolute atomic E-state index is 5.41. The zero-order valence-corrected chi connectivity index (χ0v) is 20.0. The van der Waals surface area contributed by atoms with Gasteiger partial charge in [0.2, 0.25) is 5.75 Å². The molecule has 6 nitrogen and oxygen atoms in total. The Balaban J connectivity index is 0.00000320. The molecule has 0 radical (unpaired) electrons. The molecule has 3 aromatic carbocycles. The van der Waals surface area contributed by atoms with Crippen molar-refractivity contribution < 1.29 is 14.2 Å². The zero-order valence-electron chi connectivity index (χ0n) is 17.7. The van der Waals surface area contributed by atoms with Crippen molar-refractivity contribution >= 4 is 40.7 Å². The summed E-state index contributed by atoms with van der Waals surface area (Å²) >= 11 is 0. The molecule has 0 aliphatic carbocycles. The minimum atomic E-state index is 0. The first-order valence-electron chi connectivity index (χ1n) is 9.39. The zero-order chi connectivity index (χ0) is 20.6. The Hall–Kier alpha value is -2.68. The van der Waals surface area contributed by atoms with Crippen LogP contribution in [-0.4, -0.2) is 34.3 Å². The van der Waals surface area contributed by atoms with Gasteiger partial charge >= 0.3 is 0 Å². The lowest BCUT2D eigenvalue weighted by molar-refractivity contribution is 0.323. The number of ether oxygens (including phenoxy) is 3. The number of methoxy groups -OCH3 is 3. The molecule has 0 heterocycles. The Labute approximate surface area is 194 Å². The molecule has 0 saturated heterocycles. The average molecular weight is 521 g/mol. The molecular weight excluding hydrogens is 493 g/mol. The second kappa shape index (κ2) is 11.5. The van der Waals surface area contributed by atoms with Crippen LogP contribution in [0, 0.1) is 0 Å². The number of rotatable bonds is 7. The van der Waals surface area contributed by atoms with Gasteiger partial charge in [0.05, 0.1) is 21.3 Å². The fraction of sp³-hybridized carbons (Fsp3) is 0.261. The lowest BCUT2D eigenvalue weighted by atomic mass is 10.1. The Morgan fingerprint density at radius 2 is 1.37 bits per heavy atom. The smallest absolute Gasteiger partial charge is 0.203 e. The van der Waals surface area contributed by atoms with E-state index in [1.54, 1.807) is 28.4 Å². The maximum Gasteiger partial charge on any atom is 0.203 e. The Kier molecular flexibility index (Phi) is 9.04. The van der Waals surface area contributed by atoms with Crippen LogP contribution in [0.15, 0.2) is 59.6 Å². The molecule has 0 spiro atoms. The molecular formula is C23H28IN3O3. The normalized spacial score (nSPS) is 10.9. The molecule has 0 fully saturated rings. The van der Waals surface area contributed by atoms with Gasteiger partial charge in [0.1, 0.15) is 0 Å². The summed E-state index contributed by atoms with van der Waals surface area (Å²) < 4.78 is 16.2. The topological polar surface area (TPSA) is 64.1 Å². The van der Waals surface area contributed by atoms with Crippen molar-refractivity contribution in [2.45, 2.75) is 13.1 Å². The summed E-state index contributed by atoms with van der Waals surface area (Å²) in [6.07, 6.45) is 0. The summed E-state index contributed by atoms with van der Waals surface area (Å²) in [7, 11) is 6.57. The van der Waals surface area contributed by atoms with Gasteiger partial charge < -0.3 is 24.8 Å². The highest BCUT2D eigenvalue weighted by atomic mass is 127. The van der Waals surface area contributed by atoms with Crippen molar-refractivity contribution in [3.63, 3.8) is 0 Å². The Morgan fingerprint density at radius 1 is 0.767 bits per heavy atom. The number of benzene rings is 3. The third kappa shape index (κ3) is 5.69. The number of nitrogens with zero attached hydrogens (tertiary/aromatic N) is 1. The van der Waals surface area contributed by atoms with Gasteiger partial charge in [-0.1, -0.05) is 36.4 Å². The molecule has 2 N–H and O–H groups in total. The fourth-order valence-electron chi connectivity index (χ4n) is 3.18. The van der Waals surface area contributed by atoms with Crippen LogP contribution in [-0.2, 0) is 13.1 Å². The summed E-state index contributed by atoms with van der Waals surface area (Å²) in [5.41, 5.74) is 2.19. The Bertz CT molecular complexity index is 983. The van der Waals surface area contributed by atoms with Crippen LogP contribution in [0.3, 0.4) is 0 Å². The van der Waals surface area contributed by atoms with E-state index in [-0.39, 0.29) is 24.0 Å². The predicted octanol–water partition coefficient (Wildman–Crippen LogP) is 4.35. The van der Waals surface area contributed by atoms with E-state index in [0.717, 1.165) is 5.56 Å². The first kappa shape index (κ1) is 23.6. The van der Waals surface area contributed by atoms with Crippen LogP contribution in [0.5, 0.6) is 17.2 Å². The average Bonchev–Trinajstić information content (AvgIpc) is 2.78. The highest BCUT2D eigenvalue weighted by Gasteiger charge is 2.13.